The molecule has 1 aromatic carbocycles. The molecule has 18 heavy (non-hydrogen) atoms. The van der Waals surface area contributed by atoms with Crippen LogP contribution in [0.15, 0.2) is 24.3 Å². The quantitative estimate of drug-likeness (QED) is 0.815. The Labute approximate surface area is 103 Å². The van der Waals surface area contributed by atoms with Gasteiger partial charge in [-0.3, -0.25) is 19.5 Å². The van der Waals surface area contributed by atoms with Gasteiger partial charge in [0.25, 0.3) is 0 Å². The highest BCUT2D eigenvalue weighted by atomic mass is 16.2. The van der Waals surface area contributed by atoms with Crippen LogP contribution in [0.2, 0.25) is 0 Å². The number of nitrogens with zero attached hydrogens (tertiary/aromatic N) is 2. The van der Waals surface area contributed by atoms with Crippen LogP contribution in [-0.2, 0) is 9.59 Å². The molecule has 2 N–H and O–H groups in total. The highest BCUT2D eigenvalue weighted by molar-refractivity contribution is 6.01. The summed E-state index contributed by atoms with van der Waals surface area (Å²) in [5, 5.41) is 5.23. The second kappa shape index (κ2) is 3.83. The van der Waals surface area contributed by atoms with E-state index in [1.54, 1.807) is 11.6 Å². The number of aromatic nitrogens is 2. The number of anilines is 1. The highest BCUT2D eigenvalue weighted by Crippen LogP contribution is 2.31. The Morgan fingerprint density at radius 3 is 3.06 bits per heavy atom. The van der Waals surface area contributed by atoms with Crippen LogP contribution in [0.5, 0.6) is 0 Å². The van der Waals surface area contributed by atoms with Crippen LogP contribution < -0.4 is 10.6 Å². The standard InChI is InChI=1S/C12H12N4O2/c1-13-10(17)6-9-11(18)15-12-14-7-4-2-3-5-8(7)16(9)12/h2-5,9H,6H2,1H3,(H,13,17)(H,14,15,18)/t9-/m1/s1. The number of hydrogen-bond acceptors (Lipinski definition) is 3. The number of carbonyl (C=O) groups is 2. The first-order chi connectivity index (χ1) is 8.70. The molecular formula is C12H12N4O2. The molecule has 0 saturated heterocycles. The van der Waals surface area contributed by atoms with Gasteiger partial charge >= 0.3 is 0 Å². The molecule has 0 spiro atoms. The van der Waals surface area contributed by atoms with Crippen molar-refractivity contribution in [3.8, 4) is 0 Å². The molecule has 2 heterocycles. The summed E-state index contributed by atoms with van der Waals surface area (Å²) in [4.78, 5) is 27.6. The predicted octanol–water partition coefficient (Wildman–Crippen LogP) is 0.666. The lowest BCUT2D eigenvalue weighted by Crippen LogP contribution is -2.25. The second-order valence-electron chi connectivity index (χ2n) is 4.18. The van der Waals surface area contributed by atoms with E-state index in [-0.39, 0.29) is 18.2 Å². The van der Waals surface area contributed by atoms with Crippen LogP contribution in [0.1, 0.15) is 12.5 Å². The summed E-state index contributed by atoms with van der Waals surface area (Å²) in [7, 11) is 1.56. The number of rotatable bonds is 2. The Morgan fingerprint density at radius 1 is 1.50 bits per heavy atom. The molecule has 0 saturated carbocycles. The van der Waals surface area contributed by atoms with Gasteiger partial charge in [-0.2, -0.15) is 0 Å². The number of fused-ring (bicyclic) bond motifs is 3. The minimum absolute atomic E-state index is 0.121. The molecule has 1 aromatic heterocycles. The van der Waals surface area contributed by atoms with E-state index in [2.05, 4.69) is 15.6 Å². The van der Waals surface area contributed by atoms with E-state index in [0.29, 0.717) is 5.95 Å². The number of benzene rings is 1. The molecule has 2 amide bonds. The van der Waals surface area contributed by atoms with Crippen molar-refractivity contribution in [1.82, 2.24) is 14.9 Å². The van der Waals surface area contributed by atoms with Gasteiger partial charge in [-0.05, 0) is 12.1 Å². The fraction of sp³-hybridized carbons (Fsp3) is 0.250. The van der Waals surface area contributed by atoms with Crippen molar-refractivity contribution < 1.29 is 9.59 Å². The molecule has 3 rings (SSSR count). The lowest BCUT2D eigenvalue weighted by molar-refractivity contribution is -0.125. The molecule has 1 atom stereocenters. The Kier molecular flexibility index (Phi) is 2.29. The van der Waals surface area contributed by atoms with Crippen LogP contribution in [0.25, 0.3) is 11.0 Å². The lowest BCUT2D eigenvalue weighted by atomic mass is 10.2. The van der Waals surface area contributed by atoms with Crippen molar-refractivity contribution in [3.63, 3.8) is 0 Å². The molecule has 6 heteroatoms. The molecule has 0 aliphatic carbocycles. The van der Waals surface area contributed by atoms with Gasteiger partial charge in [-0.15, -0.1) is 0 Å². The summed E-state index contributed by atoms with van der Waals surface area (Å²) in [5.74, 6) is 0.155. The second-order valence-corrected chi connectivity index (χ2v) is 4.18. The molecule has 0 unspecified atom stereocenters. The third-order valence-corrected chi connectivity index (χ3v) is 3.10. The molecule has 0 radical (unpaired) electrons. The highest BCUT2D eigenvalue weighted by Gasteiger charge is 2.34. The Hall–Kier alpha value is -2.37. The van der Waals surface area contributed by atoms with Gasteiger partial charge in [-0.1, -0.05) is 12.1 Å². The van der Waals surface area contributed by atoms with E-state index in [9.17, 15) is 9.59 Å². The average Bonchev–Trinajstić information content (AvgIpc) is 2.86. The van der Waals surface area contributed by atoms with Gasteiger partial charge in [0.2, 0.25) is 17.8 Å². The third-order valence-electron chi connectivity index (χ3n) is 3.10. The molecule has 1 aliphatic rings. The van der Waals surface area contributed by atoms with E-state index in [1.807, 2.05) is 24.3 Å². The lowest BCUT2D eigenvalue weighted by Gasteiger charge is -2.10. The van der Waals surface area contributed by atoms with Crippen LogP contribution in [0, 0.1) is 0 Å². The first-order valence-corrected chi connectivity index (χ1v) is 5.69. The summed E-state index contributed by atoms with van der Waals surface area (Å²) in [6.07, 6.45) is 0.121. The summed E-state index contributed by atoms with van der Waals surface area (Å²) in [6.45, 7) is 0. The maximum absolute atomic E-state index is 11.8. The smallest absolute Gasteiger partial charge is 0.250 e. The Balaban J connectivity index is 2.09. The summed E-state index contributed by atoms with van der Waals surface area (Å²) < 4.78 is 1.78. The molecule has 0 fully saturated rings. The van der Waals surface area contributed by atoms with E-state index < -0.39 is 6.04 Å². The number of nitrogens with one attached hydrogen (secondary N) is 2. The van der Waals surface area contributed by atoms with Gasteiger partial charge in [0.1, 0.15) is 6.04 Å². The van der Waals surface area contributed by atoms with Crippen LogP contribution >= 0.6 is 0 Å². The monoisotopic (exact) mass is 244 g/mol. The van der Waals surface area contributed by atoms with Crippen molar-refractivity contribution in [2.75, 3.05) is 12.4 Å². The van der Waals surface area contributed by atoms with Crippen LogP contribution in [0.4, 0.5) is 5.95 Å². The van der Waals surface area contributed by atoms with E-state index in [0.717, 1.165) is 11.0 Å². The van der Waals surface area contributed by atoms with Gasteiger partial charge in [0, 0.05) is 7.05 Å². The maximum atomic E-state index is 11.8. The summed E-state index contributed by atoms with van der Waals surface area (Å²) in [5.41, 5.74) is 1.68. The number of para-hydroxylation sites is 2. The predicted molar refractivity (Wildman–Crippen MR) is 66.1 cm³/mol. The summed E-state index contributed by atoms with van der Waals surface area (Å²) in [6, 6.07) is 7.03. The van der Waals surface area contributed by atoms with E-state index in [1.165, 1.54) is 0 Å². The van der Waals surface area contributed by atoms with Crippen molar-refractivity contribution >= 4 is 28.8 Å². The zero-order valence-electron chi connectivity index (χ0n) is 9.80. The zero-order valence-corrected chi connectivity index (χ0v) is 9.80. The molecule has 2 aromatic rings. The Bertz CT molecular complexity index is 647. The van der Waals surface area contributed by atoms with Crippen molar-refractivity contribution in [3.05, 3.63) is 24.3 Å². The largest absolute Gasteiger partial charge is 0.359 e. The van der Waals surface area contributed by atoms with Gasteiger partial charge in [0.05, 0.1) is 17.5 Å². The topological polar surface area (TPSA) is 76.0 Å². The minimum Gasteiger partial charge on any atom is -0.359 e. The van der Waals surface area contributed by atoms with Crippen molar-refractivity contribution in [2.45, 2.75) is 12.5 Å². The van der Waals surface area contributed by atoms with E-state index >= 15 is 0 Å². The molecular weight excluding hydrogens is 232 g/mol. The average molecular weight is 244 g/mol. The number of amides is 2. The van der Waals surface area contributed by atoms with Crippen LogP contribution in [-0.4, -0.2) is 28.4 Å². The minimum atomic E-state index is -0.521. The van der Waals surface area contributed by atoms with Gasteiger partial charge in [0.15, 0.2) is 0 Å². The third kappa shape index (κ3) is 1.46. The fourth-order valence-electron chi connectivity index (χ4n) is 2.22. The normalized spacial score (nSPS) is 17.6. The fourth-order valence-corrected chi connectivity index (χ4v) is 2.22. The van der Waals surface area contributed by atoms with Gasteiger partial charge < -0.3 is 5.32 Å². The maximum Gasteiger partial charge on any atom is 0.250 e. The number of hydrogen-bond donors (Lipinski definition) is 2. The number of carbonyl (C=O) groups excluding carboxylic acids is 2. The molecule has 92 valence electrons. The zero-order chi connectivity index (χ0) is 12.7. The van der Waals surface area contributed by atoms with Crippen LogP contribution in [0.3, 0.4) is 0 Å². The van der Waals surface area contributed by atoms with E-state index in [4.69, 9.17) is 0 Å². The first kappa shape index (κ1) is 10.8. The number of imidazole rings is 1. The SMILES string of the molecule is CNC(=O)C[C@@H]1C(=O)Nc2nc3ccccc3n21. The van der Waals surface area contributed by atoms with Gasteiger partial charge in [-0.25, -0.2) is 4.98 Å². The molecule has 1 aliphatic heterocycles. The summed E-state index contributed by atoms with van der Waals surface area (Å²) >= 11 is 0. The van der Waals surface area contributed by atoms with Crippen molar-refractivity contribution in [1.29, 1.82) is 0 Å². The van der Waals surface area contributed by atoms with Crippen molar-refractivity contribution in [2.24, 2.45) is 0 Å². The molecule has 6 nitrogen and oxygen atoms in total. The molecule has 0 bridgehead atoms. The first-order valence-electron chi connectivity index (χ1n) is 5.69. The Morgan fingerprint density at radius 2 is 2.28 bits per heavy atom.